The van der Waals surface area contributed by atoms with Gasteiger partial charge in [0.1, 0.15) is 5.54 Å². The summed E-state index contributed by atoms with van der Waals surface area (Å²) in [6.45, 7) is 8.71. The van der Waals surface area contributed by atoms with Crippen LogP contribution >= 0.6 is 0 Å². The predicted octanol–water partition coefficient (Wildman–Crippen LogP) is 1.87. The van der Waals surface area contributed by atoms with E-state index in [2.05, 4.69) is 22.2 Å². The van der Waals surface area contributed by atoms with Crippen LogP contribution in [0.4, 0.5) is 4.79 Å². The fourth-order valence-electron chi connectivity index (χ4n) is 5.30. The number of amides is 4. The minimum Gasteiger partial charge on any atom is -0.343 e. The first kappa shape index (κ1) is 22.8. The van der Waals surface area contributed by atoms with E-state index in [1.54, 1.807) is 6.20 Å². The van der Waals surface area contributed by atoms with Crippen molar-refractivity contribution >= 4 is 17.8 Å². The number of carbonyl (C=O) groups excluding carboxylic acids is 3. The molecule has 0 saturated carbocycles. The molecule has 0 bridgehead atoms. The highest BCUT2D eigenvalue weighted by Crippen LogP contribution is 2.31. The van der Waals surface area contributed by atoms with Gasteiger partial charge < -0.3 is 15.1 Å². The summed E-state index contributed by atoms with van der Waals surface area (Å²) in [7, 11) is 0. The minimum absolute atomic E-state index is 0.0288. The van der Waals surface area contributed by atoms with Crippen molar-refractivity contribution in [1.29, 1.82) is 0 Å². The highest BCUT2D eigenvalue weighted by molar-refractivity contribution is 6.07. The molecule has 1 atom stereocenters. The molecule has 9 heteroatoms. The fraction of sp³-hybridized carbons (Fsp3) is 0.739. The van der Waals surface area contributed by atoms with E-state index >= 15 is 0 Å². The number of aromatic nitrogens is 2. The highest BCUT2D eigenvalue weighted by atomic mass is 16.2. The van der Waals surface area contributed by atoms with Gasteiger partial charge in [0.05, 0.1) is 6.04 Å². The quantitative estimate of drug-likeness (QED) is 0.649. The van der Waals surface area contributed by atoms with E-state index in [-0.39, 0.29) is 29.8 Å². The third kappa shape index (κ3) is 4.67. The second-order valence-electron chi connectivity index (χ2n) is 9.63. The summed E-state index contributed by atoms with van der Waals surface area (Å²) in [6, 6.07) is 1.65. The van der Waals surface area contributed by atoms with Crippen molar-refractivity contribution in [2.75, 3.05) is 39.3 Å². The maximum Gasteiger partial charge on any atom is 0.325 e. The first-order valence-electron chi connectivity index (χ1n) is 12.0. The predicted molar refractivity (Wildman–Crippen MR) is 120 cm³/mol. The summed E-state index contributed by atoms with van der Waals surface area (Å²) < 4.78 is 1.81. The SMILES string of the molecule is CCCN1CCC2(CC1)NC(=O)N(CC1CCN(C(=O)C[C@H](C)n3cccn3)CC1)C2=O. The van der Waals surface area contributed by atoms with E-state index in [1.165, 1.54) is 4.90 Å². The molecule has 1 aromatic heterocycles. The van der Waals surface area contributed by atoms with Gasteiger partial charge in [0.15, 0.2) is 0 Å². The summed E-state index contributed by atoms with van der Waals surface area (Å²) in [6.07, 6.45) is 8.14. The zero-order valence-electron chi connectivity index (χ0n) is 19.3. The van der Waals surface area contributed by atoms with Crippen molar-refractivity contribution < 1.29 is 14.4 Å². The first-order valence-corrected chi connectivity index (χ1v) is 12.0. The maximum atomic E-state index is 13.2. The molecule has 3 aliphatic heterocycles. The van der Waals surface area contributed by atoms with Gasteiger partial charge in [0.2, 0.25) is 5.91 Å². The Morgan fingerprint density at radius 3 is 2.56 bits per heavy atom. The van der Waals surface area contributed by atoms with Crippen LogP contribution in [0.5, 0.6) is 0 Å². The Labute approximate surface area is 190 Å². The molecule has 4 amide bonds. The molecule has 1 spiro atoms. The summed E-state index contributed by atoms with van der Waals surface area (Å²) >= 11 is 0. The summed E-state index contributed by atoms with van der Waals surface area (Å²) in [5, 5.41) is 7.24. The number of hydrogen-bond acceptors (Lipinski definition) is 5. The average molecular weight is 445 g/mol. The van der Waals surface area contributed by atoms with Crippen LogP contribution in [-0.4, -0.2) is 87.1 Å². The van der Waals surface area contributed by atoms with Gasteiger partial charge in [-0.1, -0.05) is 6.92 Å². The lowest BCUT2D eigenvalue weighted by Gasteiger charge is -2.37. The molecule has 4 heterocycles. The molecule has 176 valence electrons. The average Bonchev–Trinajstić information content (AvgIpc) is 3.40. The Kier molecular flexibility index (Phi) is 6.83. The largest absolute Gasteiger partial charge is 0.343 e. The number of urea groups is 1. The zero-order chi connectivity index (χ0) is 22.7. The van der Waals surface area contributed by atoms with Crippen molar-refractivity contribution in [3.63, 3.8) is 0 Å². The number of nitrogens with zero attached hydrogens (tertiary/aromatic N) is 5. The normalized spacial score (nSPS) is 23.1. The molecular formula is C23H36N6O3. The van der Waals surface area contributed by atoms with E-state index in [4.69, 9.17) is 0 Å². The van der Waals surface area contributed by atoms with Gasteiger partial charge in [0, 0.05) is 51.5 Å². The number of piperidine rings is 2. The van der Waals surface area contributed by atoms with Crippen LogP contribution < -0.4 is 5.32 Å². The van der Waals surface area contributed by atoms with E-state index in [0.29, 0.717) is 38.9 Å². The van der Waals surface area contributed by atoms with Gasteiger partial charge in [-0.05, 0) is 57.6 Å². The Hall–Kier alpha value is -2.42. The molecule has 0 unspecified atom stereocenters. The number of imide groups is 1. The molecule has 3 aliphatic rings. The molecule has 3 fully saturated rings. The molecule has 3 saturated heterocycles. The third-order valence-corrected chi connectivity index (χ3v) is 7.35. The topological polar surface area (TPSA) is 90.8 Å². The smallest absolute Gasteiger partial charge is 0.325 e. The summed E-state index contributed by atoms with van der Waals surface area (Å²) in [5.74, 6) is 0.331. The Balaban J connectivity index is 1.25. The first-order chi connectivity index (χ1) is 15.4. The van der Waals surface area contributed by atoms with Crippen molar-refractivity contribution in [1.82, 2.24) is 29.8 Å². The van der Waals surface area contributed by atoms with Gasteiger partial charge in [0.25, 0.3) is 5.91 Å². The number of hydrogen-bond donors (Lipinski definition) is 1. The van der Waals surface area contributed by atoms with Crippen molar-refractivity contribution in [2.45, 2.75) is 64.0 Å². The van der Waals surface area contributed by atoms with Crippen LogP contribution in [0.2, 0.25) is 0 Å². The summed E-state index contributed by atoms with van der Waals surface area (Å²) in [5.41, 5.74) is -0.708. The van der Waals surface area contributed by atoms with Gasteiger partial charge in [-0.2, -0.15) is 5.10 Å². The Morgan fingerprint density at radius 2 is 1.94 bits per heavy atom. The van der Waals surface area contributed by atoms with E-state index in [0.717, 1.165) is 38.9 Å². The van der Waals surface area contributed by atoms with Crippen LogP contribution in [0.1, 0.15) is 58.4 Å². The minimum atomic E-state index is -0.708. The number of carbonyl (C=O) groups is 3. The van der Waals surface area contributed by atoms with Crippen molar-refractivity contribution in [3.8, 4) is 0 Å². The monoisotopic (exact) mass is 444 g/mol. The van der Waals surface area contributed by atoms with Crippen LogP contribution in [-0.2, 0) is 9.59 Å². The van der Waals surface area contributed by atoms with Crippen molar-refractivity contribution in [2.24, 2.45) is 5.92 Å². The van der Waals surface area contributed by atoms with Crippen LogP contribution in [0, 0.1) is 5.92 Å². The fourth-order valence-corrected chi connectivity index (χ4v) is 5.30. The molecule has 0 aromatic carbocycles. The third-order valence-electron chi connectivity index (χ3n) is 7.35. The Bertz CT molecular complexity index is 810. The lowest BCUT2D eigenvalue weighted by atomic mass is 9.87. The van der Waals surface area contributed by atoms with E-state index < -0.39 is 5.54 Å². The highest BCUT2D eigenvalue weighted by Gasteiger charge is 2.52. The van der Waals surface area contributed by atoms with Crippen LogP contribution in [0.25, 0.3) is 0 Å². The second-order valence-corrected chi connectivity index (χ2v) is 9.63. The molecule has 9 nitrogen and oxygen atoms in total. The Morgan fingerprint density at radius 1 is 1.22 bits per heavy atom. The van der Waals surface area contributed by atoms with Gasteiger partial charge in [-0.3, -0.25) is 19.2 Å². The van der Waals surface area contributed by atoms with Crippen LogP contribution in [0.3, 0.4) is 0 Å². The number of rotatable bonds is 7. The van der Waals surface area contributed by atoms with E-state index in [1.807, 2.05) is 28.8 Å². The molecular weight excluding hydrogens is 408 g/mol. The van der Waals surface area contributed by atoms with Crippen molar-refractivity contribution in [3.05, 3.63) is 18.5 Å². The lowest BCUT2D eigenvalue weighted by Crippen LogP contribution is -2.55. The van der Waals surface area contributed by atoms with Gasteiger partial charge in [-0.25, -0.2) is 4.79 Å². The van der Waals surface area contributed by atoms with Gasteiger partial charge >= 0.3 is 6.03 Å². The molecule has 1 N–H and O–H groups in total. The van der Waals surface area contributed by atoms with Gasteiger partial charge in [-0.15, -0.1) is 0 Å². The summed E-state index contributed by atoms with van der Waals surface area (Å²) in [4.78, 5) is 44.2. The number of likely N-dealkylation sites (tertiary alicyclic amines) is 2. The molecule has 1 aromatic rings. The van der Waals surface area contributed by atoms with E-state index in [9.17, 15) is 14.4 Å². The van der Waals surface area contributed by atoms with Crippen LogP contribution in [0.15, 0.2) is 18.5 Å². The zero-order valence-corrected chi connectivity index (χ0v) is 19.3. The maximum absolute atomic E-state index is 13.2. The lowest BCUT2D eigenvalue weighted by molar-refractivity contribution is -0.135. The molecule has 0 aliphatic carbocycles. The molecule has 32 heavy (non-hydrogen) atoms. The standard InChI is InChI=1S/C23H36N6O3/c1-3-10-26-14-7-23(8-15-26)21(31)28(22(32)25-23)17-19-5-12-27(13-6-19)20(30)16-18(2)29-11-4-9-24-29/h4,9,11,18-19H,3,5-8,10,12-17H2,1-2H3,(H,25,32)/t18-/m0/s1. The number of nitrogens with one attached hydrogen (secondary N) is 1. The second kappa shape index (κ2) is 9.60. The molecule has 4 rings (SSSR count). The molecule has 0 radical (unpaired) electrons.